The number of nitrogens with zero attached hydrogens (tertiary/aromatic N) is 5. The number of aromatic nitrogens is 3. The number of hydrogen-bond donors (Lipinski definition) is 2. The first-order chi connectivity index (χ1) is 19.7. The second-order valence-electron chi connectivity index (χ2n) is 12.0. The van der Waals surface area contributed by atoms with Gasteiger partial charge in [0.2, 0.25) is 5.82 Å². The molecule has 2 heterocycles. The van der Waals surface area contributed by atoms with Crippen LogP contribution in [0.5, 0.6) is 11.5 Å². The Hall–Kier alpha value is -3.43. The van der Waals surface area contributed by atoms with Gasteiger partial charge < -0.3 is 15.2 Å². The Morgan fingerprint density at radius 2 is 1.71 bits per heavy atom. The first kappa shape index (κ1) is 29.1. The molecule has 0 atom stereocenters. The molecule has 3 aromatic rings. The average molecular weight is 561 g/mol. The van der Waals surface area contributed by atoms with Crippen molar-refractivity contribution in [1.82, 2.24) is 29.9 Å². The molecular weight excluding hydrogens is 516 g/mol. The average Bonchev–Trinajstić information content (AvgIpc) is 3.64. The van der Waals surface area contributed by atoms with E-state index in [1.165, 1.54) is 5.56 Å². The van der Waals surface area contributed by atoms with Crippen LogP contribution in [0.2, 0.25) is 0 Å². The van der Waals surface area contributed by atoms with Crippen molar-refractivity contribution in [3.63, 3.8) is 0 Å². The van der Waals surface area contributed by atoms with Crippen molar-refractivity contribution in [2.45, 2.75) is 77.9 Å². The summed E-state index contributed by atoms with van der Waals surface area (Å²) in [4.78, 5) is 18.5. The molecule has 2 N–H and O–H groups in total. The lowest BCUT2D eigenvalue weighted by Gasteiger charge is -2.36. The number of nitrogens with one attached hydrogen (secondary N) is 1. The molecule has 1 saturated carbocycles. The van der Waals surface area contributed by atoms with Crippen LogP contribution < -0.4 is 10.1 Å². The molecule has 1 aromatic heterocycles. The van der Waals surface area contributed by atoms with Gasteiger partial charge in [0.05, 0.1) is 12.7 Å². The lowest BCUT2D eigenvalue weighted by molar-refractivity contribution is 0.0925. The van der Waals surface area contributed by atoms with Crippen molar-refractivity contribution >= 4 is 5.91 Å². The Labute approximate surface area is 243 Å². The third-order valence-corrected chi connectivity index (χ3v) is 8.51. The summed E-state index contributed by atoms with van der Waals surface area (Å²) in [6.45, 7) is 13.8. The Bertz CT molecular complexity index is 1340. The second kappa shape index (κ2) is 12.6. The predicted octanol–water partition coefficient (Wildman–Crippen LogP) is 4.97. The monoisotopic (exact) mass is 560 g/mol. The molecule has 1 aliphatic carbocycles. The molecule has 2 aromatic carbocycles. The molecule has 0 radical (unpaired) electrons. The number of carbonyl (C=O) groups excluding carboxylic acids is 1. The van der Waals surface area contributed by atoms with Crippen LogP contribution in [-0.2, 0) is 6.54 Å². The molecular formula is C32H44N6O3. The van der Waals surface area contributed by atoms with Gasteiger partial charge >= 0.3 is 0 Å². The number of carbonyl (C=O) groups is 1. The molecule has 9 heteroatoms. The van der Waals surface area contributed by atoms with Gasteiger partial charge in [-0.25, -0.2) is 0 Å². The summed E-state index contributed by atoms with van der Waals surface area (Å²) < 4.78 is 7.30. The minimum absolute atomic E-state index is 0.0276. The van der Waals surface area contributed by atoms with Crippen LogP contribution in [0.4, 0.5) is 0 Å². The summed E-state index contributed by atoms with van der Waals surface area (Å²) in [6, 6.07) is 12.5. The molecule has 1 saturated heterocycles. The van der Waals surface area contributed by atoms with Gasteiger partial charge in [-0.05, 0) is 61.9 Å². The number of phenols is 1. The van der Waals surface area contributed by atoms with E-state index < -0.39 is 0 Å². The van der Waals surface area contributed by atoms with Gasteiger partial charge in [-0.15, -0.1) is 10.2 Å². The van der Waals surface area contributed by atoms with Crippen LogP contribution in [0.25, 0.3) is 17.1 Å². The van der Waals surface area contributed by atoms with Crippen LogP contribution >= 0.6 is 0 Å². The zero-order valence-corrected chi connectivity index (χ0v) is 25.1. The first-order valence-corrected chi connectivity index (χ1v) is 15.0. The van der Waals surface area contributed by atoms with E-state index in [1.807, 2.05) is 18.2 Å². The Morgan fingerprint density at radius 1 is 1.02 bits per heavy atom. The summed E-state index contributed by atoms with van der Waals surface area (Å²) in [6.07, 6.45) is 4.19. The highest BCUT2D eigenvalue weighted by Crippen LogP contribution is 2.38. The molecule has 1 aliphatic heterocycles. The molecule has 0 spiro atoms. The van der Waals surface area contributed by atoms with E-state index in [9.17, 15) is 9.90 Å². The predicted molar refractivity (Wildman–Crippen MR) is 161 cm³/mol. The third-order valence-electron chi connectivity index (χ3n) is 8.51. The summed E-state index contributed by atoms with van der Waals surface area (Å²) >= 11 is 0. The van der Waals surface area contributed by atoms with Gasteiger partial charge in [-0.3, -0.25) is 19.2 Å². The van der Waals surface area contributed by atoms with E-state index in [0.29, 0.717) is 23.2 Å². The Balaban J connectivity index is 1.48. The van der Waals surface area contributed by atoms with E-state index in [0.717, 1.165) is 69.7 Å². The number of methoxy groups -OCH3 is 1. The van der Waals surface area contributed by atoms with Crippen molar-refractivity contribution in [3.8, 4) is 28.6 Å². The van der Waals surface area contributed by atoms with E-state index in [4.69, 9.17) is 4.74 Å². The molecule has 5 rings (SSSR count). The minimum atomic E-state index is -0.250. The van der Waals surface area contributed by atoms with E-state index in [-0.39, 0.29) is 29.4 Å². The van der Waals surface area contributed by atoms with Crippen molar-refractivity contribution in [2.75, 3.05) is 33.3 Å². The number of ether oxygens (including phenoxy) is 1. The number of amides is 1. The molecule has 2 fully saturated rings. The molecule has 41 heavy (non-hydrogen) atoms. The zero-order chi connectivity index (χ0) is 29.1. The Kier molecular flexibility index (Phi) is 8.94. The fourth-order valence-corrected chi connectivity index (χ4v) is 6.01. The van der Waals surface area contributed by atoms with Gasteiger partial charge in [-0.1, -0.05) is 38.8 Å². The minimum Gasteiger partial charge on any atom is -0.507 e. The fourth-order valence-electron chi connectivity index (χ4n) is 6.01. The zero-order valence-electron chi connectivity index (χ0n) is 25.1. The van der Waals surface area contributed by atoms with Crippen LogP contribution in [0.15, 0.2) is 36.4 Å². The van der Waals surface area contributed by atoms with Gasteiger partial charge in [0.15, 0.2) is 5.82 Å². The smallest absolute Gasteiger partial charge is 0.289 e. The second-order valence-corrected chi connectivity index (χ2v) is 12.0. The van der Waals surface area contributed by atoms with Gasteiger partial charge in [0.25, 0.3) is 5.91 Å². The number of rotatable bonds is 9. The quantitative estimate of drug-likeness (QED) is 0.382. The van der Waals surface area contributed by atoms with Gasteiger partial charge in [0, 0.05) is 56.6 Å². The molecule has 1 amide bonds. The topological polar surface area (TPSA) is 95.8 Å². The highest BCUT2D eigenvalue weighted by Gasteiger charge is 2.27. The van der Waals surface area contributed by atoms with Crippen LogP contribution in [0, 0.1) is 0 Å². The molecule has 220 valence electrons. The summed E-state index contributed by atoms with van der Waals surface area (Å²) in [7, 11) is 1.60. The standard InChI is InChI=1S/C32H44N6O3/c1-21(2)26-18-27(28(39)19-29(26)41-5)30-34-35-31(32(40)33-24-8-6-7-9-24)38(30)25-12-10-23(11-13-25)20-36-14-16-37(17-15-36)22(3)4/h10-13,18-19,21-22,24,39H,6-9,14-17,20H2,1-5H3,(H,33,40). The molecule has 0 bridgehead atoms. The van der Waals surface area contributed by atoms with E-state index in [1.54, 1.807) is 17.7 Å². The van der Waals surface area contributed by atoms with Gasteiger partial charge in [0.1, 0.15) is 11.5 Å². The maximum absolute atomic E-state index is 13.5. The number of benzene rings is 2. The van der Waals surface area contributed by atoms with Crippen molar-refractivity contribution < 1.29 is 14.6 Å². The number of phenolic OH excluding ortho intramolecular Hbond substituents is 1. The highest BCUT2D eigenvalue weighted by atomic mass is 16.5. The summed E-state index contributed by atoms with van der Waals surface area (Å²) in [5, 5.41) is 23.0. The Morgan fingerprint density at radius 3 is 2.32 bits per heavy atom. The summed E-state index contributed by atoms with van der Waals surface area (Å²) in [5.74, 6) is 1.18. The highest BCUT2D eigenvalue weighted by molar-refractivity contribution is 5.92. The first-order valence-electron chi connectivity index (χ1n) is 15.0. The van der Waals surface area contributed by atoms with E-state index >= 15 is 0 Å². The molecule has 0 unspecified atom stereocenters. The lowest BCUT2D eigenvalue weighted by Crippen LogP contribution is -2.48. The summed E-state index contributed by atoms with van der Waals surface area (Å²) in [5.41, 5.74) is 3.44. The normalized spacial score (nSPS) is 17.0. The van der Waals surface area contributed by atoms with Crippen molar-refractivity contribution in [2.24, 2.45) is 0 Å². The number of hydrogen-bond acceptors (Lipinski definition) is 7. The molecule has 2 aliphatic rings. The SMILES string of the molecule is COc1cc(O)c(-c2nnc(C(=O)NC3CCCC3)n2-c2ccc(CN3CCN(C(C)C)CC3)cc2)cc1C(C)C. The van der Waals surface area contributed by atoms with Crippen molar-refractivity contribution in [1.29, 1.82) is 0 Å². The maximum atomic E-state index is 13.5. The van der Waals surface area contributed by atoms with Crippen LogP contribution in [-0.4, -0.2) is 81.0 Å². The number of aromatic hydroxyl groups is 1. The van der Waals surface area contributed by atoms with E-state index in [2.05, 4.69) is 65.1 Å². The van der Waals surface area contributed by atoms with Crippen LogP contribution in [0.1, 0.15) is 81.0 Å². The third kappa shape index (κ3) is 6.41. The lowest BCUT2D eigenvalue weighted by atomic mass is 9.98. The van der Waals surface area contributed by atoms with Crippen LogP contribution in [0.3, 0.4) is 0 Å². The maximum Gasteiger partial charge on any atom is 0.289 e. The number of piperazine rings is 1. The largest absolute Gasteiger partial charge is 0.507 e. The van der Waals surface area contributed by atoms with Crippen molar-refractivity contribution in [3.05, 3.63) is 53.3 Å². The fraction of sp³-hybridized carbons (Fsp3) is 0.531. The molecule has 9 nitrogen and oxygen atoms in total. The van der Waals surface area contributed by atoms with Gasteiger partial charge in [-0.2, -0.15) is 0 Å².